The predicted octanol–water partition coefficient (Wildman–Crippen LogP) is 3.67. The van der Waals surface area contributed by atoms with E-state index in [1.165, 1.54) is 11.3 Å². The maximum atomic E-state index is 12.8. The lowest BCUT2D eigenvalue weighted by Crippen LogP contribution is -2.40. The van der Waals surface area contributed by atoms with Crippen LogP contribution in [0.3, 0.4) is 0 Å². The quantitative estimate of drug-likeness (QED) is 0.668. The minimum atomic E-state index is -3.80. The van der Waals surface area contributed by atoms with Crippen molar-refractivity contribution < 1.29 is 18.3 Å². The van der Waals surface area contributed by atoms with Gasteiger partial charge in [0, 0.05) is 10.4 Å². The highest BCUT2D eigenvalue weighted by atomic mass is 32.2. The van der Waals surface area contributed by atoms with Gasteiger partial charge in [-0.1, -0.05) is 55.2 Å². The molecule has 1 aromatic heterocycles. The number of hydrogen-bond donors (Lipinski definition) is 1. The Kier molecular flexibility index (Phi) is 4.71. The normalized spacial score (nSPS) is 16.3. The first-order chi connectivity index (χ1) is 13.4. The Morgan fingerprint density at radius 1 is 1.21 bits per heavy atom. The molecule has 1 N–H and O–H groups in total. The predicted molar refractivity (Wildman–Crippen MR) is 109 cm³/mol. The van der Waals surface area contributed by atoms with Crippen molar-refractivity contribution in [2.75, 3.05) is 0 Å². The van der Waals surface area contributed by atoms with Gasteiger partial charge in [-0.25, -0.2) is 8.42 Å². The van der Waals surface area contributed by atoms with Crippen LogP contribution in [0.15, 0.2) is 53.4 Å². The number of rotatable bonds is 3. The van der Waals surface area contributed by atoms with E-state index in [4.69, 9.17) is 0 Å². The number of fused-ring (bicyclic) bond motifs is 2. The second-order valence-electron chi connectivity index (χ2n) is 6.49. The van der Waals surface area contributed by atoms with E-state index >= 15 is 0 Å². The topological polar surface area (TPSA) is 74.7 Å². The lowest BCUT2D eigenvalue weighted by molar-refractivity contribution is -0.141. The smallest absolute Gasteiger partial charge is 0.322 e. The molecular weight excluding hydrogens is 394 g/mol. The van der Waals surface area contributed by atoms with Gasteiger partial charge in [-0.15, -0.1) is 11.3 Å². The van der Waals surface area contributed by atoms with Crippen LogP contribution in [0.4, 0.5) is 0 Å². The number of hydrogen-bond acceptors (Lipinski definition) is 4. The molecule has 1 unspecified atom stereocenters. The van der Waals surface area contributed by atoms with Gasteiger partial charge in [0.2, 0.25) is 10.0 Å². The van der Waals surface area contributed by atoms with Crippen molar-refractivity contribution in [2.45, 2.75) is 30.8 Å². The molecule has 0 saturated heterocycles. The van der Waals surface area contributed by atoms with E-state index in [2.05, 4.69) is 11.8 Å². The van der Waals surface area contributed by atoms with E-state index in [-0.39, 0.29) is 17.9 Å². The Morgan fingerprint density at radius 3 is 2.68 bits per heavy atom. The van der Waals surface area contributed by atoms with E-state index in [1.54, 1.807) is 13.0 Å². The highest BCUT2D eigenvalue weighted by molar-refractivity contribution is 7.89. The molecule has 1 aliphatic heterocycles. The van der Waals surface area contributed by atoms with Gasteiger partial charge in [-0.2, -0.15) is 4.31 Å². The van der Waals surface area contributed by atoms with Gasteiger partial charge in [-0.05, 0) is 29.3 Å². The van der Waals surface area contributed by atoms with Gasteiger partial charge in [0.25, 0.3) is 0 Å². The molecule has 28 heavy (non-hydrogen) atoms. The van der Waals surface area contributed by atoms with Crippen molar-refractivity contribution in [1.29, 1.82) is 0 Å². The number of carboxylic acid groups (broad SMARTS) is 1. The van der Waals surface area contributed by atoms with Gasteiger partial charge >= 0.3 is 5.97 Å². The molecule has 0 aliphatic carbocycles. The molecule has 5 nitrogen and oxygen atoms in total. The van der Waals surface area contributed by atoms with E-state index in [0.29, 0.717) is 9.75 Å². The highest BCUT2D eigenvalue weighted by Crippen LogP contribution is 2.38. The third kappa shape index (κ3) is 3.10. The number of carboxylic acids is 1. The Bertz CT molecular complexity index is 1240. The fraction of sp³-hybridized carbons (Fsp3) is 0.190. The summed E-state index contributed by atoms with van der Waals surface area (Å²) in [7, 11) is -3.80. The van der Waals surface area contributed by atoms with Gasteiger partial charge in [-0.3, -0.25) is 4.79 Å². The lowest BCUT2D eigenvalue weighted by Gasteiger charge is -2.21. The maximum absolute atomic E-state index is 12.8. The number of benzene rings is 2. The van der Waals surface area contributed by atoms with Crippen molar-refractivity contribution in [3.63, 3.8) is 0 Å². The molecule has 4 rings (SSSR count). The molecule has 0 spiro atoms. The second-order valence-corrected chi connectivity index (χ2v) is 9.48. The molecule has 0 radical (unpaired) electrons. The highest BCUT2D eigenvalue weighted by Gasteiger charge is 2.42. The number of aliphatic carboxylic acids is 1. The van der Waals surface area contributed by atoms with E-state index in [9.17, 15) is 18.3 Å². The lowest BCUT2D eigenvalue weighted by atomic mass is 10.1. The fourth-order valence-electron chi connectivity index (χ4n) is 3.40. The summed E-state index contributed by atoms with van der Waals surface area (Å²) in [4.78, 5) is 12.9. The van der Waals surface area contributed by atoms with Gasteiger partial charge in [0.05, 0.1) is 16.3 Å². The molecule has 1 aliphatic rings. The Hall–Kier alpha value is -2.66. The van der Waals surface area contributed by atoms with Crippen molar-refractivity contribution >= 4 is 38.1 Å². The van der Waals surface area contributed by atoms with Crippen LogP contribution in [-0.4, -0.2) is 29.8 Å². The largest absolute Gasteiger partial charge is 0.480 e. The third-order valence-corrected chi connectivity index (χ3v) is 7.87. The number of sulfonamides is 1. The molecule has 2 heterocycles. The molecule has 7 heteroatoms. The van der Waals surface area contributed by atoms with E-state index in [1.807, 2.05) is 42.5 Å². The molecule has 1 atom stereocenters. The van der Waals surface area contributed by atoms with Crippen molar-refractivity contribution in [3.05, 3.63) is 63.8 Å². The molecule has 0 saturated carbocycles. The summed E-state index contributed by atoms with van der Waals surface area (Å²) in [5.74, 6) is 5.08. The first-order valence-corrected chi connectivity index (χ1v) is 11.0. The molecule has 2 aromatic carbocycles. The van der Waals surface area contributed by atoms with Crippen LogP contribution in [0.5, 0.6) is 0 Å². The van der Waals surface area contributed by atoms with Crippen LogP contribution in [0.2, 0.25) is 0 Å². The fourth-order valence-corrected chi connectivity index (χ4v) is 6.65. The summed E-state index contributed by atoms with van der Waals surface area (Å²) >= 11 is 1.30. The zero-order valence-electron chi connectivity index (χ0n) is 15.0. The van der Waals surface area contributed by atoms with Crippen LogP contribution in [0.1, 0.15) is 28.7 Å². The van der Waals surface area contributed by atoms with Crippen LogP contribution in [0, 0.1) is 11.8 Å². The summed E-state index contributed by atoms with van der Waals surface area (Å²) in [6.07, 6.45) is 0.219. The summed E-state index contributed by atoms with van der Waals surface area (Å²) in [5.41, 5.74) is 0.882. The second kappa shape index (κ2) is 7.06. The molecule has 0 bridgehead atoms. The van der Waals surface area contributed by atoms with Crippen molar-refractivity contribution in [1.82, 2.24) is 4.31 Å². The van der Waals surface area contributed by atoms with Gasteiger partial charge in [0.1, 0.15) is 6.04 Å². The minimum absolute atomic E-state index is 0.0864. The van der Waals surface area contributed by atoms with Crippen molar-refractivity contribution in [2.24, 2.45) is 0 Å². The third-order valence-electron chi connectivity index (χ3n) is 4.79. The van der Waals surface area contributed by atoms with Gasteiger partial charge < -0.3 is 5.11 Å². The molecule has 0 fully saturated rings. The summed E-state index contributed by atoms with van der Waals surface area (Å²) < 4.78 is 26.6. The van der Waals surface area contributed by atoms with Crippen molar-refractivity contribution in [3.8, 4) is 11.8 Å². The zero-order valence-corrected chi connectivity index (χ0v) is 16.7. The van der Waals surface area contributed by atoms with Crippen LogP contribution < -0.4 is 0 Å². The van der Waals surface area contributed by atoms with E-state index in [0.717, 1.165) is 20.6 Å². The molecule has 3 aromatic rings. The maximum Gasteiger partial charge on any atom is 0.322 e. The zero-order chi connectivity index (χ0) is 19.9. The summed E-state index contributed by atoms with van der Waals surface area (Å²) in [5, 5.41) is 11.5. The monoisotopic (exact) mass is 411 g/mol. The molecule has 142 valence electrons. The number of carbonyl (C=O) groups is 1. The average molecular weight is 412 g/mol. The Morgan fingerprint density at radius 2 is 1.96 bits per heavy atom. The van der Waals surface area contributed by atoms with Crippen LogP contribution in [-0.2, 0) is 21.4 Å². The van der Waals surface area contributed by atoms with Crippen LogP contribution in [0.25, 0.3) is 10.8 Å². The number of thiophene rings is 1. The van der Waals surface area contributed by atoms with Crippen LogP contribution >= 0.6 is 11.3 Å². The Labute approximate surface area is 167 Å². The van der Waals surface area contributed by atoms with E-state index < -0.39 is 22.0 Å². The van der Waals surface area contributed by atoms with Gasteiger partial charge in [0.15, 0.2) is 0 Å². The average Bonchev–Trinajstić information content (AvgIpc) is 3.18. The molecule has 0 amide bonds. The summed E-state index contributed by atoms with van der Waals surface area (Å²) in [6.45, 7) is 1.75. The number of nitrogens with zero attached hydrogens (tertiary/aromatic N) is 1. The standard InChI is InChI=1S/C21H17NO4S2/c1-2-18(21(23)24)22-13-19-20(28(22,25)26)12-16(27-19)11-10-15-8-5-7-14-6-3-4-9-17(14)15/h3-9,12,18H,2,13H2,1H3,(H,23,24). The SMILES string of the molecule is CCC(C(=O)O)N1Cc2sc(C#Cc3cccc4ccccc34)cc2S1(=O)=O. The Balaban J connectivity index is 1.68. The first kappa shape index (κ1) is 18.7. The molecular formula is C21H17NO4S2. The first-order valence-electron chi connectivity index (χ1n) is 8.79. The summed E-state index contributed by atoms with van der Waals surface area (Å²) in [6, 6.07) is 14.4. The minimum Gasteiger partial charge on any atom is -0.480 e.